The van der Waals surface area contributed by atoms with E-state index in [1.165, 1.54) is 43.4 Å². The molecule has 0 radical (unpaired) electrons. The number of nitrogens with zero attached hydrogens (tertiary/aromatic N) is 1. The molecular formula is C37H23NO. The normalized spacial score (nSPS) is 11.6. The van der Waals surface area contributed by atoms with Gasteiger partial charge in [0.2, 0.25) is 5.89 Å². The molecule has 2 heteroatoms. The first kappa shape index (κ1) is 21.8. The van der Waals surface area contributed by atoms with Crippen molar-refractivity contribution in [2.75, 3.05) is 0 Å². The van der Waals surface area contributed by atoms with Crippen molar-refractivity contribution >= 4 is 43.4 Å². The Balaban J connectivity index is 1.19. The molecule has 1 aromatic heterocycles. The lowest BCUT2D eigenvalue weighted by Crippen LogP contribution is -1.85. The molecule has 8 aromatic rings. The van der Waals surface area contributed by atoms with Crippen LogP contribution in [0.2, 0.25) is 0 Å². The molecule has 182 valence electrons. The van der Waals surface area contributed by atoms with Gasteiger partial charge in [-0.05, 0) is 84.9 Å². The Morgan fingerprint density at radius 3 is 1.54 bits per heavy atom. The van der Waals surface area contributed by atoms with Gasteiger partial charge in [0.1, 0.15) is 5.52 Å². The Hall–Kier alpha value is -5.21. The number of rotatable bonds is 3. The van der Waals surface area contributed by atoms with Gasteiger partial charge in [-0.15, -0.1) is 0 Å². The molecule has 2 nitrogen and oxygen atoms in total. The highest BCUT2D eigenvalue weighted by molar-refractivity contribution is 6.25. The standard InChI is InChI=1S/C37H23NO/c1-2-12-31-29(10-1)30-11-3-4-13-32(30)34-23-27(20-21-33(31)34)25-18-16-24(17-19-25)26-8-7-9-28(22-26)37-38-35-14-5-6-15-36(35)39-37/h1-23H. The van der Waals surface area contributed by atoms with E-state index in [1.807, 2.05) is 30.3 Å². The second-order valence-corrected chi connectivity index (χ2v) is 10.00. The monoisotopic (exact) mass is 497 g/mol. The summed E-state index contributed by atoms with van der Waals surface area (Å²) in [6, 6.07) is 49.4. The molecule has 0 aliphatic rings. The summed E-state index contributed by atoms with van der Waals surface area (Å²) in [6.07, 6.45) is 0. The van der Waals surface area contributed by atoms with E-state index in [0.717, 1.165) is 27.8 Å². The van der Waals surface area contributed by atoms with Gasteiger partial charge in [-0.1, -0.05) is 109 Å². The highest BCUT2D eigenvalue weighted by atomic mass is 16.3. The van der Waals surface area contributed by atoms with Crippen molar-refractivity contribution < 1.29 is 4.42 Å². The summed E-state index contributed by atoms with van der Waals surface area (Å²) in [5, 5.41) is 7.77. The summed E-state index contributed by atoms with van der Waals surface area (Å²) in [4.78, 5) is 4.67. The molecule has 0 saturated carbocycles. The Labute approximate surface area is 225 Å². The molecule has 0 amide bonds. The zero-order chi connectivity index (χ0) is 25.8. The second-order valence-electron chi connectivity index (χ2n) is 10.00. The number of benzene rings is 7. The minimum Gasteiger partial charge on any atom is -0.436 e. The van der Waals surface area contributed by atoms with Gasteiger partial charge in [-0.2, -0.15) is 0 Å². The van der Waals surface area contributed by atoms with Crippen LogP contribution in [0.25, 0.3) is 77.1 Å². The van der Waals surface area contributed by atoms with Crippen LogP contribution in [0.5, 0.6) is 0 Å². The van der Waals surface area contributed by atoms with Gasteiger partial charge in [-0.3, -0.25) is 0 Å². The maximum absolute atomic E-state index is 6.00. The van der Waals surface area contributed by atoms with E-state index in [9.17, 15) is 0 Å². The predicted molar refractivity (Wildman–Crippen MR) is 163 cm³/mol. The molecule has 0 aliphatic heterocycles. The summed E-state index contributed by atoms with van der Waals surface area (Å²) in [5.41, 5.74) is 7.37. The first-order chi connectivity index (χ1) is 19.3. The lowest BCUT2D eigenvalue weighted by atomic mass is 9.92. The molecule has 0 fully saturated rings. The Bertz CT molecular complexity index is 2100. The smallest absolute Gasteiger partial charge is 0.227 e. The van der Waals surface area contributed by atoms with Crippen molar-refractivity contribution in [1.82, 2.24) is 4.98 Å². The lowest BCUT2D eigenvalue weighted by Gasteiger charge is -2.12. The molecule has 0 unspecified atom stereocenters. The first-order valence-electron chi connectivity index (χ1n) is 13.2. The third-order valence-electron chi connectivity index (χ3n) is 7.70. The largest absolute Gasteiger partial charge is 0.436 e. The van der Waals surface area contributed by atoms with E-state index in [4.69, 9.17) is 4.42 Å². The molecule has 0 spiro atoms. The molecule has 0 saturated heterocycles. The van der Waals surface area contributed by atoms with Crippen LogP contribution in [0.3, 0.4) is 0 Å². The molecular weight excluding hydrogens is 474 g/mol. The minimum absolute atomic E-state index is 0.644. The predicted octanol–water partition coefficient (Wildman–Crippen LogP) is 10.3. The summed E-state index contributed by atoms with van der Waals surface area (Å²) in [5.74, 6) is 0.644. The number of aromatic nitrogens is 1. The van der Waals surface area contributed by atoms with Gasteiger partial charge in [0.15, 0.2) is 5.58 Å². The Morgan fingerprint density at radius 2 is 0.872 bits per heavy atom. The SMILES string of the molecule is c1cc(-c2ccc(-c3ccc4c5ccccc5c5ccccc5c4c3)cc2)cc(-c2nc3ccccc3o2)c1. The topological polar surface area (TPSA) is 26.0 Å². The van der Waals surface area contributed by atoms with Gasteiger partial charge in [0, 0.05) is 5.56 Å². The number of hydrogen-bond donors (Lipinski definition) is 0. The number of para-hydroxylation sites is 2. The molecule has 0 atom stereocenters. The maximum Gasteiger partial charge on any atom is 0.227 e. The van der Waals surface area contributed by atoms with E-state index < -0.39 is 0 Å². The van der Waals surface area contributed by atoms with E-state index >= 15 is 0 Å². The van der Waals surface area contributed by atoms with E-state index in [2.05, 4.69) is 114 Å². The minimum atomic E-state index is 0.644. The van der Waals surface area contributed by atoms with Crippen molar-refractivity contribution in [2.24, 2.45) is 0 Å². The molecule has 1 heterocycles. The fourth-order valence-electron chi connectivity index (χ4n) is 5.77. The first-order valence-corrected chi connectivity index (χ1v) is 13.2. The molecule has 0 aliphatic carbocycles. The zero-order valence-corrected chi connectivity index (χ0v) is 21.1. The number of hydrogen-bond acceptors (Lipinski definition) is 2. The van der Waals surface area contributed by atoms with Gasteiger partial charge in [0.05, 0.1) is 0 Å². The van der Waals surface area contributed by atoms with Gasteiger partial charge in [0.25, 0.3) is 0 Å². The van der Waals surface area contributed by atoms with Crippen LogP contribution in [0.4, 0.5) is 0 Å². The number of fused-ring (bicyclic) bond motifs is 7. The van der Waals surface area contributed by atoms with E-state index in [-0.39, 0.29) is 0 Å². The van der Waals surface area contributed by atoms with E-state index in [0.29, 0.717) is 5.89 Å². The van der Waals surface area contributed by atoms with Crippen molar-refractivity contribution in [2.45, 2.75) is 0 Å². The molecule has 8 rings (SSSR count). The Kier molecular flexibility index (Phi) is 4.86. The van der Waals surface area contributed by atoms with Crippen LogP contribution >= 0.6 is 0 Å². The fraction of sp³-hybridized carbons (Fsp3) is 0. The van der Waals surface area contributed by atoms with Crippen LogP contribution in [0.1, 0.15) is 0 Å². The van der Waals surface area contributed by atoms with Crippen molar-refractivity contribution in [3.63, 3.8) is 0 Å². The quantitative estimate of drug-likeness (QED) is 0.227. The van der Waals surface area contributed by atoms with Gasteiger partial charge in [-0.25, -0.2) is 4.98 Å². The Morgan fingerprint density at radius 1 is 0.359 bits per heavy atom. The molecule has 0 N–H and O–H groups in total. The van der Waals surface area contributed by atoms with Crippen molar-refractivity contribution in [3.8, 4) is 33.7 Å². The van der Waals surface area contributed by atoms with Crippen LogP contribution in [0, 0.1) is 0 Å². The fourth-order valence-corrected chi connectivity index (χ4v) is 5.77. The maximum atomic E-state index is 6.00. The van der Waals surface area contributed by atoms with Crippen LogP contribution in [-0.2, 0) is 0 Å². The lowest BCUT2D eigenvalue weighted by molar-refractivity contribution is 0.620. The average Bonchev–Trinajstić information content (AvgIpc) is 3.46. The average molecular weight is 498 g/mol. The van der Waals surface area contributed by atoms with Crippen molar-refractivity contribution in [3.05, 3.63) is 140 Å². The van der Waals surface area contributed by atoms with E-state index in [1.54, 1.807) is 0 Å². The zero-order valence-electron chi connectivity index (χ0n) is 21.1. The highest BCUT2D eigenvalue weighted by Crippen LogP contribution is 2.37. The molecule has 7 aromatic carbocycles. The summed E-state index contributed by atoms with van der Waals surface area (Å²) in [6.45, 7) is 0. The van der Waals surface area contributed by atoms with Crippen LogP contribution in [-0.4, -0.2) is 4.98 Å². The van der Waals surface area contributed by atoms with Gasteiger partial charge < -0.3 is 4.42 Å². The summed E-state index contributed by atoms with van der Waals surface area (Å²) in [7, 11) is 0. The third-order valence-corrected chi connectivity index (χ3v) is 7.70. The summed E-state index contributed by atoms with van der Waals surface area (Å²) >= 11 is 0. The third kappa shape index (κ3) is 3.61. The molecule has 39 heavy (non-hydrogen) atoms. The number of oxazole rings is 1. The summed E-state index contributed by atoms with van der Waals surface area (Å²) < 4.78 is 6.00. The highest BCUT2D eigenvalue weighted by Gasteiger charge is 2.11. The van der Waals surface area contributed by atoms with Crippen LogP contribution < -0.4 is 0 Å². The second kappa shape index (κ2) is 8.68. The van der Waals surface area contributed by atoms with Crippen LogP contribution in [0.15, 0.2) is 144 Å². The van der Waals surface area contributed by atoms with Crippen molar-refractivity contribution in [1.29, 1.82) is 0 Å². The van der Waals surface area contributed by atoms with Gasteiger partial charge >= 0.3 is 0 Å². The molecule has 0 bridgehead atoms.